The first-order valence-electron chi connectivity index (χ1n) is 5.12. The van der Waals surface area contributed by atoms with Crippen LogP contribution in [0.15, 0.2) is 24.3 Å². The molecular formula is C12H15FO. The van der Waals surface area contributed by atoms with Gasteiger partial charge in [0, 0.05) is 5.41 Å². The SMILES string of the molecule is Oc1cccc(C2(CF)CCCC2)c1. The maximum atomic E-state index is 13.1. The summed E-state index contributed by atoms with van der Waals surface area (Å²) in [7, 11) is 0. The van der Waals surface area contributed by atoms with Crippen LogP contribution in [0.4, 0.5) is 4.39 Å². The minimum absolute atomic E-state index is 0.238. The van der Waals surface area contributed by atoms with Gasteiger partial charge in [0.1, 0.15) is 5.75 Å². The zero-order valence-electron chi connectivity index (χ0n) is 8.17. The summed E-state index contributed by atoms with van der Waals surface area (Å²) in [6.45, 7) is -0.309. The number of hydrogen-bond donors (Lipinski definition) is 1. The lowest BCUT2D eigenvalue weighted by Crippen LogP contribution is -2.24. The standard InChI is InChI=1S/C12H15FO/c13-9-12(6-1-2-7-12)10-4-3-5-11(14)8-10/h3-5,8,14H,1-2,6-7,9H2. The van der Waals surface area contributed by atoms with E-state index in [1.54, 1.807) is 18.2 Å². The quantitative estimate of drug-likeness (QED) is 0.766. The van der Waals surface area contributed by atoms with Crippen molar-refractivity contribution in [2.75, 3.05) is 6.67 Å². The van der Waals surface area contributed by atoms with Crippen molar-refractivity contribution in [2.45, 2.75) is 31.1 Å². The third-order valence-corrected chi connectivity index (χ3v) is 3.27. The molecule has 0 bridgehead atoms. The number of phenolic OH excluding ortho intramolecular Hbond substituents is 1. The third kappa shape index (κ3) is 1.49. The average Bonchev–Trinajstić information content (AvgIpc) is 2.67. The Morgan fingerprint density at radius 1 is 1.29 bits per heavy atom. The Bertz CT molecular complexity index is 316. The van der Waals surface area contributed by atoms with Crippen molar-refractivity contribution < 1.29 is 9.50 Å². The highest BCUT2D eigenvalue weighted by Gasteiger charge is 2.35. The lowest BCUT2D eigenvalue weighted by Gasteiger charge is -2.25. The molecule has 0 radical (unpaired) electrons. The first kappa shape index (κ1) is 9.50. The molecule has 0 heterocycles. The van der Waals surface area contributed by atoms with Gasteiger partial charge in [-0.15, -0.1) is 0 Å². The molecule has 2 heteroatoms. The molecule has 1 aromatic rings. The van der Waals surface area contributed by atoms with Crippen molar-refractivity contribution in [3.05, 3.63) is 29.8 Å². The van der Waals surface area contributed by atoms with E-state index < -0.39 is 0 Å². The van der Waals surface area contributed by atoms with E-state index in [-0.39, 0.29) is 17.8 Å². The number of rotatable bonds is 2. The van der Waals surface area contributed by atoms with Gasteiger partial charge in [-0.3, -0.25) is 4.39 Å². The van der Waals surface area contributed by atoms with Crippen LogP contribution in [-0.2, 0) is 5.41 Å². The van der Waals surface area contributed by atoms with Crippen molar-refractivity contribution in [3.8, 4) is 5.75 Å². The van der Waals surface area contributed by atoms with Crippen LogP contribution in [0.1, 0.15) is 31.2 Å². The monoisotopic (exact) mass is 194 g/mol. The molecule has 0 spiro atoms. The van der Waals surface area contributed by atoms with Gasteiger partial charge in [0.15, 0.2) is 0 Å². The Hall–Kier alpha value is -1.05. The van der Waals surface area contributed by atoms with Crippen molar-refractivity contribution in [1.29, 1.82) is 0 Å². The van der Waals surface area contributed by atoms with Gasteiger partial charge in [0.05, 0.1) is 6.67 Å². The number of benzene rings is 1. The minimum Gasteiger partial charge on any atom is -0.508 e. The fourth-order valence-electron chi connectivity index (χ4n) is 2.39. The van der Waals surface area contributed by atoms with E-state index in [2.05, 4.69) is 0 Å². The fourth-order valence-corrected chi connectivity index (χ4v) is 2.39. The summed E-state index contributed by atoms with van der Waals surface area (Å²) < 4.78 is 13.1. The minimum atomic E-state index is -0.309. The van der Waals surface area contributed by atoms with Crippen LogP contribution in [0.25, 0.3) is 0 Å². The highest BCUT2D eigenvalue weighted by Crippen LogP contribution is 2.42. The van der Waals surface area contributed by atoms with Gasteiger partial charge < -0.3 is 5.11 Å². The largest absolute Gasteiger partial charge is 0.508 e. The fraction of sp³-hybridized carbons (Fsp3) is 0.500. The van der Waals surface area contributed by atoms with Crippen LogP contribution < -0.4 is 0 Å². The van der Waals surface area contributed by atoms with E-state index in [4.69, 9.17) is 0 Å². The lowest BCUT2D eigenvalue weighted by atomic mass is 9.80. The topological polar surface area (TPSA) is 20.2 Å². The molecule has 0 unspecified atom stereocenters. The summed E-state index contributed by atoms with van der Waals surface area (Å²) in [5.41, 5.74) is 0.649. The lowest BCUT2D eigenvalue weighted by molar-refractivity contribution is 0.308. The van der Waals surface area contributed by atoms with Gasteiger partial charge in [-0.1, -0.05) is 25.0 Å². The van der Waals surface area contributed by atoms with Crippen LogP contribution in [0.2, 0.25) is 0 Å². The van der Waals surface area contributed by atoms with Gasteiger partial charge in [-0.2, -0.15) is 0 Å². The molecule has 1 aliphatic carbocycles. The Balaban J connectivity index is 2.35. The molecule has 0 saturated heterocycles. The summed E-state index contributed by atoms with van der Waals surface area (Å²) in [4.78, 5) is 0. The van der Waals surface area contributed by atoms with Gasteiger partial charge >= 0.3 is 0 Å². The Kier molecular flexibility index (Phi) is 2.44. The summed E-state index contributed by atoms with van der Waals surface area (Å²) in [5, 5.41) is 9.36. The number of aromatic hydroxyl groups is 1. The Labute approximate surface area is 83.6 Å². The molecule has 0 amide bonds. The molecule has 76 valence electrons. The first-order valence-corrected chi connectivity index (χ1v) is 5.12. The predicted octanol–water partition coefficient (Wildman–Crippen LogP) is 3.17. The molecular weight excluding hydrogens is 179 g/mol. The van der Waals surface area contributed by atoms with Crippen LogP contribution in [0.5, 0.6) is 5.75 Å². The van der Waals surface area contributed by atoms with Crippen LogP contribution >= 0.6 is 0 Å². The van der Waals surface area contributed by atoms with E-state index in [0.29, 0.717) is 0 Å². The molecule has 1 nitrogen and oxygen atoms in total. The number of hydrogen-bond acceptors (Lipinski definition) is 1. The summed E-state index contributed by atoms with van der Waals surface area (Å²) in [5.74, 6) is 0.238. The zero-order valence-corrected chi connectivity index (χ0v) is 8.17. The van der Waals surface area contributed by atoms with Crippen molar-refractivity contribution in [2.24, 2.45) is 0 Å². The Morgan fingerprint density at radius 2 is 2.00 bits per heavy atom. The van der Waals surface area contributed by atoms with Gasteiger partial charge in [0.25, 0.3) is 0 Å². The average molecular weight is 194 g/mol. The smallest absolute Gasteiger partial charge is 0.115 e. The maximum Gasteiger partial charge on any atom is 0.115 e. The first-order chi connectivity index (χ1) is 6.77. The van der Waals surface area contributed by atoms with E-state index >= 15 is 0 Å². The summed E-state index contributed by atoms with van der Waals surface area (Å²) >= 11 is 0. The second kappa shape index (κ2) is 3.60. The maximum absolute atomic E-state index is 13.1. The highest BCUT2D eigenvalue weighted by atomic mass is 19.1. The second-order valence-electron chi connectivity index (χ2n) is 4.17. The van der Waals surface area contributed by atoms with Crippen molar-refractivity contribution in [3.63, 3.8) is 0 Å². The van der Waals surface area contributed by atoms with Gasteiger partial charge in [-0.05, 0) is 30.5 Å². The van der Waals surface area contributed by atoms with E-state index in [1.165, 1.54) is 0 Å². The van der Waals surface area contributed by atoms with Crippen LogP contribution in [-0.4, -0.2) is 11.8 Å². The molecule has 1 N–H and O–H groups in total. The molecule has 14 heavy (non-hydrogen) atoms. The molecule has 0 aliphatic heterocycles. The highest BCUT2D eigenvalue weighted by molar-refractivity contribution is 5.33. The third-order valence-electron chi connectivity index (χ3n) is 3.27. The van der Waals surface area contributed by atoms with E-state index in [1.807, 2.05) is 6.07 Å². The zero-order chi connectivity index (χ0) is 10.0. The van der Waals surface area contributed by atoms with E-state index in [9.17, 15) is 9.50 Å². The van der Waals surface area contributed by atoms with Crippen LogP contribution in [0.3, 0.4) is 0 Å². The van der Waals surface area contributed by atoms with Crippen molar-refractivity contribution >= 4 is 0 Å². The molecule has 0 aromatic heterocycles. The summed E-state index contributed by atoms with van der Waals surface area (Å²) in [6, 6.07) is 7.04. The molecule has 1 aliphatic rings. The molecule has 1 aromatic carbocycles. The molecule has 1 fully saturated rings. The second-order valence-corrected chi connectivity index (χ2v) is 4.17. The van der Waals surface area contributed by atoms with Gasteiger partial charge in [-0.25, -0.2) is 0 Å². The van der Waals surface area contributed by atoms with Crippen LogP contribution in [0, 0.1) is 0 Å². The molecule has 1 saturated carbocycles. The Morgan fingerprint density at radius 3 is 2.57 bits per heavy atom. The van der Waals surface area contributed by atoms with Crippen molar-refractivity contribution in [1.82, 2.24) is 0 Å². The normalized spacial score (nSPS) is 19.8. The number of phenols is 1. The molecule has 0 atom stereocenters. The molecule has 2 rings (SSSR count). The number of alkyl halides is 1. The summed E-state index contributed by atoms with van der Waals surface area (Å²) in [6.07, 6.45) is 4.01. The predicted molar refractivity (Wildman–Crippen MR) is 54.2 cm³/mol. The van der Waals surface area contributed by atoms with E-state index in [0.717, 1.165) is 31.2 Å². The van der Waals surface area contributed by atoms with Gasteiger partial charge in [0.2, 0.25) is 0 Å². The number of halogens is 1.